The summed E-state index contributed by atoms with van der Waals surface area (Å²) < 4.78 is 7.06. The summed E-state index contributed by atoms with van der Waals surface area (Å²) in [6.45, 7) is 5.85. The van der Waals surface area contributed by atoms with E-state index in [1.54, 1.807) is 13.0 Å². The lowest BCUT2D eigenvalue weighted by Crippen LogP contribution is -2.22. The Morgan fingerprint density at radius 2 is 1.93 bits per heavy atom. The molecule has 1 amide bonds. The van der Waals surface area contributed by atoms with E-state index in [9.17, 15) is 4.79 Å². The van der Waals surface area contributed by atoms with Gasteiger partial charge in [-0.1, -0.05) is 34.6 Å². The highest BCUT2D eigenvalue weighted by atomic mass is 32.2. The number of carbonyl (C=O) groups is 1. The third-order valence-corrected chi connectivity index (χ3v) is 5.68. The fourth-order valence-corrected chi connectivity index (χ4v) is 4.15. The van der Waals surface area contributed by atoms with Gasteiger partial charge in [-0.2, -0.15) is 0 Å². The topological polar surface area (TPSA) is 89.1 Å². The number of aryl methyl sites for hydroxylation is 2. The molecule has 0 saturated carbocycles. The van der Waals surface area contributed by atoms with Crippen LogP contribution in [0.15, 0.2) is 40.0 Å². The molecule has 1 N–H and O–H groups in total. The number of nitrogens with zero attached hydrogens (tertiary/aromatic N) is 5. The average molecular weight is 413 g/mol. The Hall–Kier alpha value is -2.81. The number of thioether (sulfide) groups is 1. The summed E-state index contributed by atoms with van der Waals surface area (Å²) in [6, 6.07) is 10.0. The van der Waals surface area contributed by atoms with E-state index >= 15 is 0 Å². The van der Waals surface area contributed by atoms with Gasteiger partial charge in [0.15, 0.2) is 11.0 Å². The van der Waals surface area contributed by atoms with Crippen molar-refractivity contribution in [2.45, 2.75) is 38.3 Å². The van der Waals surface area contributed by atoms with Crippen molar-refractivity contribution in [2.24, 2.45) is 0 Å². The number of nitrogens with one attached hydrogen (secondary N) is 1. The van der Waals surface area contributed by atoms with Crippen molar-refractivity contribution in [2.75, 3.05) is 29.1 Å². The molecular formula is C20H24N6O2S. The summed E-state index contributed by atoms with van der Waals surface area (Å²) in [5, 5.41) is 16.2. The predicted octanol–water partition coefficient (Wildman–Crippen LogP) is 3.59. The van der Waals surface area contributed by atoms with Crippen LogP contribution in [0.25, 0.3) is 5.69 Å². The summed E-state index contributed by atoms with van der Waals surface area (Å²) in [5.41, 5.74) is 2.24. The average Bonchev–Trinajstić information content (AvgIpc) is 3.44. The van der Waals surface area contributed by atoms with Gasteiger partial charge in [0.05, 0.1) is 5.69 Å². The first kappa shape index (κ1) is 19.5. The Kier molecular flexibility index (Phi) is 5.84. The van der Waals surface area contributed by atoms with Crippen molar-refractivity contribution >= 4 is 29.4 Å². The van der Waals surface area contributed by atoms with Crippen molar-refractivity contribution in [3.8, 4) is 5.69 Å². The van der Waals surface area contributed by atoms with Crippen LogP contribution < -0.4 is 10.2 Å². The lowest BCUT2D eigenvalue weighted by Gasteiger charge is -2.18. The van der Waals surface area contributed by atoms with E-state index in [0.717, 1.165) is 29.9 Å². The quantitative estimate of drug-likeness (QED) is 0.593. The van der Waals surface area contributed by atoms with Gasteiger partial charge >= 0.3 is 0 Å². The van der Waals surface area contributed by atoms with Crippen molar-refractivity contribution in [3.63, 3.8) is 0 Å². The molecule has 8 nitrogen and oxygen atoms in total. The maximum Gasteiger partial charge on any atom is 0.232 e. The van der Waals surface area contributed by atoms with Gasteiger partial charge in [-0.25, -0.2) is 0 Å². The largest absolute Gasteiger partial charge is 0.360 e. The summed E-state index contributed by atoms with van der Waals surface area (Å²) in [7, 11) is 0. The number of rotatable bonds is 7. The number of hydrogen-bond donors (Lipinski definition) is 1. The predicted molar refractivity (Wildman–Crippen MR) is 113 cm³/mol. The molecule has 3 aromatic rings. The van der Waals surface area contributed by atoms with Gasteiger partial charge in [-0.3, -0.25) is 9.36 Å². The summed E-state index contributed by atoms with van der Waals surface area (Å²) in [4.78, 5) is 14.4. The summed E-state index contributed by atoms with van der Waals surface area (Å²) in [6.07, 6.45) is 2.69. The van der Waals surface area contributed by atoms with E-state index in [2.05, 4.69) is 61.3 Å². The number of carbonyl (C=O) groups excluding carboxylic acids is 1. The number of amides is 1. The Bertz CT molecular complexity index is 975. The molecule has 3 heterocycles. The van der Waals surface area contributed by atoms with Crippen LogP contribution in [-0.2, 0) is 4.79 Å². The third kappa shape index (κ3) is 4.61. The Morgan fingerprint density at radius 1 is 1.17 bits per heavy atom. The highest BCUT2D eigenvalue weighted by molar-refractivity contribution is 7.99. The zero-order valence-corrected chi connectivity index (χ0v) is 17.4. The number of aromatic nitrogens is 4. The standard InChI is InChI=1S/C20H24N6O2S/c1-14-5-7-16(8-6-14)26-19(25-10-3-4-11-25)22-23-20(26)29-12-9-18(27)21-17-13-15(2)28-24-17/h5-8,13H,3-4,9-12H2,1-2H3,(H,21,24,27). The molecule has 1 fully saturated rings. The lowest BCUT2D eigenvalue weighted by atomic mass is 10.2. The smallest absolute Gasteiger partial charge is 0.232 e. The van der Waals surface area contributed by atoms with E-state index in [1.807, 2.05) is 0 Å². The number of anilines is 2. The molecule has 152 valence electrons. The summed E-state index contributed by atoms with van der Waals surface area (Å²) in [5.74, 6) is 2.46. The van der Waals surface area contributed by atoms with E-state index in [0.29, 0.717) is 23.8 Å². The first-order valence-corrected chi connectivity index (χ1v) is 10.7. The SMILES string of the molecule is Cc1ccc(-n2c(SCCC(=O)Nc3cc(C)on3)nnc2N2CCCC2)cc1. The second kappa shape index (κ2) is 8.69. The van der Waals surface area contributed by atoms with Crippen LogP contribution in [0.1, 0.15) is 30.6 Å². The fraction of sp³-hybridized carbons (Fsp3) is 0.400. The molecule has 2 aromatic heterocycles. The molecule has 0 aliphatic carbocycles. The molecule has 0 bridgehead atoms. The van der Waals surface area contributed by atoms with Crippen LogP contribution in [0, 0.1) is 13.8 Å². The molecule has 0 atom stereocenters. The molecule has 1 aliphatic rings. The second-order valence-corrected chi connectivity index (χ2v) is 8.18. The molecule has 29 heavy (non-hydrogen) atoms. The minimum atomic E-state index is -0.105. The normalized spacial score (nSPS) is 13.8. The van der Waals surface area contributed by atoms with Gasteiger partial charge in [0.1, 0.15) is 5.76 Å². The molecule has 0 spiro atoms. The number of hydrogen-bond acceptors (Lipinski definition) is 7. The van der Waals surface area contributed by atoms with Crippen molar-refractivity contribution in [1.29, 1.82) is 0 Å². The molecule has 9 heteroatoms. The van der Waals surface area contributed by atoms with Gasteiger partial charge in [0, 0.05) is 31.3 Å². The van der Waals surface area contributed by atoms with Crippen LogP contribution in [0.2, 0.25) is 0 Å². The fourth-order valence-electron chi connectivity index (χ4n) is 3.26. The van der Waals surface area contributed by atoms with Crippen molar-refractivity contribution in [1.82, 2.24) is 19.9 Å². The zero-order valence-electron chi connectivity index (χ0n) is 16.6. The van der Waals surface area contributed by atoms with E-state index in [1.165, 1.54) is 30.2 Å². The molecule has 0 unspecified atom stereocenters. The van der Waals surface area contributed by atoms with Crippen LogP contribution in [-0.4, -0.2) is 44.7 Å². The van der Waals surface area contributed by atoms with E-state index < -0.39 is 0 Å². The van der Waals surface area contributed by atoms with Gasteiger partial charge in [-0.15, -0.1) is 10.2 Å². The monoisotopic (exact) mass is 412 g/mol. The van der Waals surface area contributed by atoms with Crippen LogP contribution in [0.5, 0.6) is 0 Å². The lowest BCUT2D eigenvalue weighted by molar-refractivity contribution is -0.115. The maximum atomic E-state index is 12.2. The molecule has 1 aliphatic heterocycles. The Labute approximate surface area is 173 Å². The molecule has 4 rings (SSSR count). The van der Waals surface area contributed by atoms with Gasteiger partial charge in [-0.05, 0) is 38.8 Å². The van der Waals surface area contributed by atoms with Gasteiger partial charge < -0.3 is 14.7 Å². The number of benzene rings is 1. The molecule has 0 radical (unpaired) electrons. The minimum Gasteiger partial charge on any atom is -0.360 e. The van der Waals surface area contributed by atoms with E-state index in [-0.39, 0.29) is 5.91 Å². The molecule has 1 aromatic carbocycles. The third-order valence-electron chi connectivity index (χ3n) is 4.75. The van der Waals surface area contributed by atoms with Crippen LogP contribution in [0.3, 0.4) is 0 Å². The highest BCUT2D eigenvalue weighted by Crippen LogP contribution is 2.29. The van der Waals surface area contributed by atoms with Gasteiger partial charge in [0.25, 0.3) is 0 Å². The van der Waals surface area contributed by atoms with Crippen LogP contribution >= 0.6 is 11.8 Å². The maximum absolute atomic E-state index is 12.2. The highest BCUT2D eigenvalue weighted by Gasteiger charge is 2.22. The van der Waals surface area contributed by atoms with Crippen molar-refractivity contribution < 1.29 is 9.32 Å². The molecule has 1 saturated heterocycles. The summed E-state index contributed by atoms with van der Waals surface area (Å²) >= 11 is 1.53. The van der Waals surface area contributed by atoms with Crippen LogP contribution in [0.4, 0.5) is 11.8 Å². The Morgan fingerprint density at radius 3 is 2.62 bits per heavy atom. The van der Waals surface area contributed by atoms with Gasteiger partial charge in [0.2, 0.25) is 11.9 Å². The van der Waals surface area contributed by atoms with E-state index in [4.69, 9.17) is 4.52 Å². The first-order chi connectivity index (χ1) is 14.1. The minimum absolute atomic E-state index is 0.105. The Balaban J connectivity index is 1.46. The first-order valence-electron chi connectivity index (χ1n) is 9.73. The second-order valence-electron chi connectivity index (χ2n) is 7.12. The van der Waals surface area contributed by atoms with Crippen molar-refractivity contribution in [3.05, 3.63) is 41.7 Å². The zero-order chi connectivity index (χ0) is 20.2. The molecular weight excluding hydrogens is 388 g/mol.